The van der Waals surface area contributed by atoms with Crippen LogP contribution in [0, 0.1) is 6.92 Å². The molecule has 0 aliphatic carbocycles. The van der Waals surface area contributed by atoms with E-state index >= 15 is 0 Å². The van der Waals surface area contributed by atoms with Crippen LogP contribution in [0.3, 0.4) is 0 Å². The summed E-state index contributed by atoms with van der Waals surface area (Å²) in [6, 6.07) is 10.9. The van der Waals surface area contributed by atoms with E-state index in [2.05, 4.69) is 4.98 Å². The standard InChI is InChI=1S/C20H23N3O2/c1-15-8-10-17(11-9-15)22(2)20(25)18-7-3-4-13-23(18)19(24)16-6-5-12-21-14-16/h5-6,8-12,14,18H,3-4,7,13H2,1-2H3. The van der Waals surface area contributed by atoms with Crippen molar-refractivity contribution in [1.29, 1.82) is 0 Å². The van der Waals surface area contributed by atoms with Crippen LogP contribution in [0.2, 0.25) is 0 Å². The number of benzene rings is 1. The average molecular weight is 337 g/mol. The molecule has 0 N–H and O–H groups in total. The molecule has 1 aromatic carbocycles. The van der Waals surface area contributed by atoms with Gasteiger partial charge in [0.05, 0.1) is 5.56 Å². The first-order valence-electron chi connectivity index (χ1n) is 8.63. The highest BCUT2D eigenvalue weighted by molar-refractivity contribution is 6.02. The molecule has 1 atom stereocenters. The van der Waals surface area contributed by atoms with Gasteiger partial charge in [-0.2, -0.15) is 0 Å². The molecule has 2 amide bonds. The SMILES string of the molecule is Cc1ccc(N(C)C(=O)C2CCCCN2C(=O)c2cccnc2)cc1. The van der Waals surface area contributed by atoms with E-state index in [1.807, 2.05) is 31.2 Å². The molecular formula is C20H23N3O2. The lowest BCUT2D eigenvalue weighted by Crippen LogP contribution is -2.52. The Bertz CT molecular complexity index is 743. The summed E-state index contributed by atoms with van der Waals surface area (Å²) in [6.07, 6.45) is 5.77. The lowest BCUT2D eigenvalue weighted by molar-refractivity contribution is -0.123. The van der Waals surface area contributed by atoms with Crippen molar-refractivity contribution in [3.05, 3.63) is 59.9 Å². The van der Waals surface area contributed by atoms with Crippen LogP contribution < -0.4 is 4.90 Å². The van der Waals surface area contributed by atoms with E-state index in [4.69, 9.17) is 0 Å². The van der Waals surface area contributed by atoms with Crippen LogP contribution in [0.4, 0.5) is 5.69 Å². The van der Waals surface area contributed by atoms with Gasteiger partial charge in [0.25, 0.3) is 5.91 Å². The average Bonchev–Trinajstić information content (AvgIpc) is 2.67. The van der Waals surface area contributed by atoms with Gasteiger partial charge in [0.2, 0.25) is 5.91 Å². The number of hydrogen-bond acceptors (Lipinski definition) is 3. The van der Waals surface area contributed by atoms with Crippen molar-refractivity contribution in [3.8, 4) is 0 Å². The molecule has 2 heterocycles. The van der Waals surface area contributed by atoms with Gasteiger partial charge in [-0.1, -0.05) is 17.7 Å². The second kappa shape index (κ2) is 7.47. The second-order valence-corrected chi connectivity index (χ2v) is 6.48. The van der Waals surface area contributed by atoms with Crippen LogP contribution in [0.1, 0.15) is 35.2 Å². The normalized spacial score (nSPS) is 17.2. The predicted molar refractivity (Wildman–Crippen MR) is 97.5 cm³/mol. The Labute approximate surface area is 148 Å². The number of nitrogens with zero attached hydrogens (tertiary/aromatic N) is 3. The lowest BCUT2D eigenvalue weighted by Gasteiger charge is -2.36. The molecule has 1 aliphatic heterocycles. The van der Waals surface area contributed by atoms with Gasteiger partial charge in [-0.15, -0.1) is 0 Å². The van der Waals surface area contributed by atoms with Gasteiger partial charge >= 0.3 is 0 Å². The Kier molecular flexibility index (Phi) is 5.12. The van der Waals surface area contributed by atoms with Crippen molar-refractivity contribution in [3.63, 3.8) is 0 Å². The minimum absolute atomic E-state index is 0.0409. The molecular weight excluding hydrogens is 314 g/mol. The monoisotopic (exact) mass is 337 g/mol. The van der Waals surface area contributed by atoms with Gasteiger partial charge in [-0.25, -0.2) is 0 Å². The summed E-state index contributed by atoms with van der Waals surface area (Å²) in [5.74, 6) is -0.163. The highest BCUT2D eigenvalue weighted by Crippen LogP contribution is 2.23. The number of amides is 2. The maximum absolute atomic E-state index is 13.0. The van der Waals surface area contributed by atoms with E-state index in [1.54, 1.807) is 41.4 Å². The number of carbonyl (C=O) groups is 2. The molecule has 1 saturated heterocycles. The molecule has 1 unspecified atom stereocenters. The molecule has 1 aromatic heterocycles. The number of rotatable bonds is 3. The zero-order valence-electron chi connectivity index (χ0n) is 14.7. The molecule has 0 spiro atoms. The van der Waals surface area contributed by atoms with E-state index in [-0.39, 0.29) is 11.8 Å². The van der Waals surface area contributed by atoms with Crippen LogP contribution >= 0.6 is 0 Å². The van der Waals surface area contributed by atoms with E-state index < -0.39 is 6.04 Å². The third kappa shape index (κ3) is 3.71. The summed E-state index contributed by atoms with van der Waals surface area (Å²) in [5.41, 5.74) is 2.52. The fourth-order valence-electron chi connectivity index (χ4n) is 3.21. The van der Waals surface area contributed by atoms with Crippen LogP contribution in [0.15, 0.2) is 48.8 Å². The molecule has 0 saturated carbocycles. The van der Waals surface area contributed by atoms with E-state index in [1.165, 1.54) is 0 Å². The van der Waals surface area contributed by atoms with Crippen molar-refractivity contribution >= 4 is 17.5 Å². The first-order chi connectivity index (χ1) is 12.1. The van der Waals surface area contributed by atoms with Crippen molar-refractivity contribution in [1.82, 2.24) is 9.88 Å². The fraction of sp³-hybridized carbons (Fsp3) is 0.350. The van der Waals surface area contributed by atoms with E-state index in [9.17, 15) is 9.59 Å². The maximum Gasteiger partial charge on any atom is 0.256 e. The van der Waals surface area contributed by atoms with Crippen LogP contribution in [0.25, 0.3) is 0 Å². The topological polar surface area (TPSA) is 53.5 Å². The third-order valence-corrected chi connectivity index (χ3v) is 4.71. The molecule has 0 radical (unpaired) electrons. The summed E-state index contributed by atoms with van der Waals surface area (Å²) in [4.78, 5) is 33.3. The van der Waals surface area contributed by atoms with Crippen LogP contribution in [-0.2, 0) is 4.79 Å². The van der Waals surface area contributed by atoms with Gasteiger partial charge in [-0.05, 0) is 50.5 Å². The van der Waals surface area contributed by atoms with Gasteiger partial charge in [-0.3, -0.25) is 14.6 Å². The smallest absolute Gasteiger partial charge is 0.256 e. The van der Waals surface area contributed by atoms with E-state index in [0.717, 1.165) is 24.1 Å². The van der Waals surface area contributed by atoms with Gasteiger partial charge in [0.1, 0.15) is 6.04 Å². The number of piperidine rings is 1. The number of likely N-dealkylation sites (tertiary alicyclic amines) is 1. The first kappa shape index (κ1) is 17.1. The Hall–Kier alpha value is -2.69. The molecule has 5 nitrogen and oxygen atoms in total. The Morgan fingerprint density at radius 3 is 2.60 bits per heavy atom. The quantitative estimate of drug-likeness (QED) is 0.865. The Morgan fingerprint density at radius 2 is 1.92 bits per heavy atom. The number of pyridine rings is 1. The number of carbonyl (C=O) groups excluding carboxylic acids is 2. The van der Waals surface area contributed by atoms with Gasteiger partial charge in [0.15, 0.2) is 0 Å². The first-order valence-corrected chi connectivity index (χ1v) is 8.63. The van der Waals surface area contributed by atoms with Crippen molar-refractivity contribution in [2.24, 2.45) is 0 Å². The zero-order chi connectivity index (χ0) is 17.8. The number of aryl methyl sites for hydroxylation is 1. The highest BCUT2D eigenvalue weighted by atomic mass is 16.2. The highest BCUT2D eigenvalue weighted by Gasteiger charge is 2.34. The third-order valence-electron chi connectivity index (χ3n) is 4.71. The van der Waals surface area contributed by atoms with Crippen LogP contribution in [0.5, 0.6) is 0 Å². The molecule has 5 heteroatoms. The summed E-state index contributed by atoms with van der Waals surface area (Å²) in [6.45, 7) is 2.62. The number of likely N-dealkylation sites (N-methyl/N-ethyl adjacent to an activating group) is 1. The van der Waals surface area contributed by atoms with E-state index in [0.29, 0.717) is 18.5 Å². The maximum atomic E-state index is 13.0. The minimum atomic E-state index is -0.423. The van der Waals surface area contributed by atoms with Crippen molar-refractivity contribution < 1.29 is 9.59 Å². The van der Waals surface area contributed by atoms with Crippen molar-refractivity contribution in [2.75, 3.05) is 18.5 Å². The Balaban J connectivity index is 1.81. The number of hydrogen-bond donors (Lipinski definition) is 0. The largest absolute Gasteiger partial charge is 0.327 e. The summed E-state index contributed by atoms with van der Waals surface area (Å²) in [7, 11) is 1.77. The Morgan fingerprint density at radius 1 is 1.16 bits per heavy atom. The minimum Gasteiger partial charge on any atom is -0.327 e. The molecule has 2 aromatic rings. The van der Waals surface area contributed by atoms with Gasteiger partial charge < -0.3 is 9.80 Å². The zero-order valence-corrected chi connectivity index (χ0v) is 14.7. The fourth-order valence-corrected chi connectivity index (χ4v) is 3.21. The molecule has 3 rings (SSSR count). The van der Waals surface area contributed by atoms with Crippen LogP contribution in [-0.4, -0.2) is 41.3 Å². The number of aromatic nitrogens is 1. The summed E-state index contributed by atoms with van der Waals surface area (Å²) in [5, 5.41) is 0. The predicted octanol–water partition coefficient (Wildman–Crippen LogP) is 3.05. The molecule has 130 valence electrons. The number of anilines is 1. The lowest BCUT2D eigenvalue weighted by atomic mass is 9.99. The molecule has 1 fully saturated rings. The summed E-state index contributed by atoms with van der Waals surface area (Å²) < 4.78 is 0. The second-order valence-electron chi connectivity index (χ2n) is 6.48. The molecule has 1 aliphatic rings. The molecule has 0 bridgehead atoms. The van der Waals surface area contributed by atoms with Crippen molar-refractivity contribution in [2.45, 2.75) is 32.2 Å². The van der Waals surface area contributed by atoms with Gasteiger partial charge in [0, 0.05) is 31.7 Å². The molecule has 25 heavy (non-hydrogen) atoms. The summed E-state index contributed by atoms with van der Waals surface area (Å²) >= 11 is 0.